The van der Waals surface area contributed by atoms with Crippen molar-refractivity contribution in [1.82, 2.24) is 4.98 Å². The van der Waals surface area contributed by atoms with Gasteiger partial charge < -0.3 is 10.6 Å². The van der Waals surface area contributed by atoms with Crippen LogP contribution in [0, 0.1) is 0 Å². The van der Waals surface area contributed by atoms with Gasteiger partial charge in [-0.2, -0.15) is 0 Å². The van der Waals surface area contributed by atoms with Crippen molar-refractivity contribution in [3.05, 3.63) is 51.0 Å². The third kappa shape index (κ3) is 4.62. The first-order valence-corrected chi connectivity index (χ1v) is 7.14. The standard InChI is InChI=1S/C12H8BrCl2N3S/c13-7-1-2-11(16-6-7)18-12(19)17-10-4-8(14)3-9(15)5-10/h1-6H,(H2,16,17,18,19). The van der Waals surface area contributed by atoms with E-state index in [1.165, 1.54) is 0 Å². The molecule has 2 N–H and O–H groups in total. The van der Waals surface area contributed by atoms with Crippen molar-refractivity contribution < 1.29 is 0 Å². The van der Waals surface area contributed by atoms with Crippen LogP contribution in [0.2, 0.25) is 10.0 Å². The molecular weight excluding hydrogens is 369 g/mol. The molecule has 98 valence electrons. The maximum Gasteiger partial charge on any atom is 0.176 e. The monoisotopic (exact) mass is 375 g/mol. The van der Waals surface area contributed by atoms with E-state index in [9.17, 15) is 0 Å². The van der Waals surface area contributed by atoms with Crippen molar-refractivity contribution in [3.8, 4) is 0 Å². The SMILES string of the molecule is S=C(Nc1cc(Cl)cc(Cl)c1)Nc1ccc(Br)cn1. The number of hydrogen-bond acceptors (Lipinski definition) is 2. The van der Waals surface area contributed by atoms with E-state index in [1.807, 2.05) is 12.1 Å². The van der Waals surface area contributed by atoms with E-state index < -0.39 is 0 Å². The summed E-state index contributed by atoms with van der Waals surface area (Å²) in [6.45, 7) is 0. The Labute approximate surface area is 134 Å². The zero-order valence-electron chi connectivity index (χ0n) is 9.45. The van der Waals surface area contributed by atoms with Crippen molar-refractivity contribution >= 4 is 68.0 Å². The first-order valence-electron chi connectivity index (χ1n) is 5.18. The second-order valence-corrected chi connectivity index (χ2v) is 5.80. The van der Waals surface area contributed by atoms with Gasteiger partial charge in [-0.1, -0.05) is 23.2 Å². The summed E-state index contributed by atoms with van der Waals surface area (Å²) in [5.41, 5.74) is 0.715. The lowest BCUT2D eigenvalue weighted by atomic mass is 10.3. The summed E-state index contributed by atoms with van der Waals surface area (Å²) < 4.78 is 0.901. The van der Waals surface area contributed by atoms with E-state index >= 15 is 0 Å². The molecule has 0 aliphatic rings. The molecule has 0 aliphatic carbocycles. The molecule has 3 nitrogen and oxygen atoms in total. The minimum atomic E-state index is 0.410. The molecule has 7 heteroatoms. The molecular formula is C12H8BrCl2N3S. The highest BCUT2D eigenvalue weighted by atomic mass is 79.9. The van der Waals surface area contributed by atoms with Crippen LogP contribution in [0.3, 0.4) is 0 Å². The highest BCUT2D eigenvalue weighted by molar-refractivity contribution is 9.10. The Hall–Kier alpha value is -0.880. The summed E-state index contributed by atoms with van der Waals surface area (Å²) in [6, 6.07) is 8.80. The van der Waals surface area contributed by atoms with E-state index in [2.05, 4.69) is 31.5 Å². The molecule has 0 fully saturated rings. The Kier molecular flexibility index (Phi) is 4.99. The molecule has 0 unspecified atom stereocenters. The molecule has 19 heavy (non-hydrogen) atoms. The summed E-state index contributed by atoms with van der Waals surface area (Å²) in [6.07, 6.45) is 1.68. The number of halogens is 3. The summed E-state index contributed by atoms with van der Waals surface area (Å²) in [5, 5.41) is 7.44. The second-order valence-electron chi connectivity index (χ2n) is 3.60. The fraction of sp³-hybridized carbons (Fsp3) is 0. The lowest BCUT2D eigenvalue weighted by Gasteiger charge is -2.10. The summed E-state index contributed by atoms with van der Waals surface area (Å²) in [4.78, 5) is 4.16. The van der Waals surface area contributed by atoms with Crippen LogP contribution in [-0.4, -0.2) is 10.1 Å². The molecule has 0 radical (unpaired) electrons. The molecule has 1 aromatic carbocycles. The normalized spacial score (nSPS) is 10.1. The average Bonchev–Trinajstić information content (AvgIpc) is 2.30. The highest BCUT2D eigenvalue weighted by Gasteiger charge is 2.02. The third-order valence-electron chi connectivity index (χ3n) is 2.09. The number of hydrogen-bond donors (Lipinski definition) is 2. The lowest BCUT2D eigenvalue weighted by molar-refractivity contribution is 1.31. The van der Waals surface area contributed by atoms with Crippen LogP contribution in [0.15, 0.2) is 41.0 Å². The highest BCUT2D eigenvalue weighted by Crippen LogP contribution is 2.22. The Morgan fingerprint density at radius 3 is 2.37 bits per heavy atom. The maximum absolute atomic E-state index is 5.91. The number of rotatable bonds is 2. The van der Waals surface area contributed by atoms with E-state index in [4.69, 9.17) is 35.4 Å². The molecule has 0 bridgehead atoms. The Balaban J connectivity index is 2.03. The molecule has 0 spiro atoms. The van der Waals surface area contributed by atoms with Crippen molar-refractivity contribution in [2.45, 2.75) is 0 Å². The van der Waals surface area contributed by atoms with Crippen LogP contribution in [-0.2, 0) is 0 Å². The van der Waals surface area contributed by atoms with Crippen LogP contribution in [0.1, 0.15) is 0 Å². The van der Waals surface area contributed by atoms with Crippen LogP contribution in [0.5, 0.6) is 0 Å². The van der Waals surface area contributed by atoms with E-state index in [0.717, 1.165) is 4.47 Å². The van der Waals surface area contributed by atoms with Gasteiger partial charge in [-0.25, -0.2) is 4.98 Å². The van der Waals surface area contributed by atoms with Crippen molar-refractivity contribution in [3.63, 3.8) is 0 Å². The molecule has 2 rings (SSSR count). The van der Waals surface area contributed by atoms with E-state index in [1.54, 1.807) is 24.4 Å². The van der Waals surface area contributed by atoms with Gasteiger partial charge in [-0.05, 0) is 58.5 Å². The van der Waals surface area contributed by atoms with Gasteiger partial charge in [-0.3, -0.25) is 0 Å². The Morgan fingerprint density at radius 1 is 1.11 bits per heavy atom. The molecule has 0 amide bonds. The fourth-order valence-corrected chi connectivity index (χ4v) is 2.34. The van der Waals surface area contributed by atoms with Crippen LogP contribution in [0.4, 0.5) is 11.5 Å². The Morgan fingerprint density at radius 2 is 1.79 bits per heavy atom. The maximum atomic E-state index is 5.91. The average molecular weight is 377 g/mol. The van der Waals surface area contributed by atoms with Gasteiger partial charge in [0, 0.05) is 26.4 Å². The predicted molar refractivity (Wildman–Crippen MR) is 88.2 cm³/mol. The van der Waals surface area contributed by atoms with Gasteiger partial charge in [0.1, 0.15) is 5.82 Å². The van der Waals surface area contributed by atoms with Gasteiger partial charge in [0.25, 0.3) is 0 Å². The summed E-state index contributed by atoms with van der Waals surface area (Å²) >= 11 is 20.3. The molecule has 1 heterocycles. The zero-order chi connectivity index (χ0) is 13.8. The predicted octanol–water partition coefficient (Wildman–Crippen LogP) is 4.96. The Bertz CT molecular complexity index is 584. The van der Waals surface area contributed by atoms with Crippen molar-refractivity contribution in [2.75, 3.05) is 10.6 Å². The lowest BCUT2D eigenvalue weighted by Crippen LogP contribution is -2.19. The number of nitrogens with zero attached hydrogens (tertiary/aromatic N) is 1. The molecule has 2 aromatic rings. The number of benzene rings is 1. The van der Waals surface area contributed by atoms with Crippen LogP contribution >= 0.6 is 51.3 Å². The smallest absolute Gasteiger partial charge is 0.176 e. The number of nitrogens with one attached hydrogen (secondary N) is 2. The van der Waals surface area contributed by atoms with Gasteiger partial charge in [0.15, 0.2) is 5.11 Å². The topological polar surface area (TPSA) is 37.0 Å². The second kappa shape index (κ2) is 6.52. The summed E-state index contributed by atoms with van der Waals surface area (Å²) in [5.74, 6) is 0.647. The molecule has 0 saturated heterocycles. The number of anilines is 2. The van der Waals surface area contributed by atoms with Crippen molar-refractivity contribution in [1.29, 1.82) is 0 Å². The zero-order valence-corrected chi connectivity index (χ0v) is 13.4. The molecule has 0 saturated carbocycles. The van der Waals surface area contributed by atoms with Gasteiger partial charge >= 0.3 is 0 Å². The van der Waals surface area contributed by atoms with Gasteiger partial charge in [0.2, 0.25) is 0 Å². The first-order chi connectivity index (χ1) is 9.02. The van der Waals surface area contributed by atoms with Gasteiger partial charge in [0.05, 0.1) is 0 Å². The van der Waals surface area contributed by atoms with E-state index in [0.29, 0.717) is 26.7 Å². The van der Waals surface area contributed by atoms with Crippen LogP contribution in [0.25, 0.3) is 0 Å². The summed E-state index contributed by atoms with van der Waals surface area (Å²) in [7, 11) is 0. The quantitative estimate of drug-likeness (QED) is 0.726. The first kappa shape index (κ1) is 14.5. The van der Waals surface area contributed by atoms with Crippen LogP contribution < -0.4 is 10.6 Å². The number of aromatic nitrogens is 1. The third-order valence-corrected chi connectivity index (χ3v) is 3.20. The molecule has 0 atom stereocenters. The van der Waals surface area contributed by atoms with E-state index in [-0.39, 0.29) is 0 Å². The molecule has 0 aliphatic heterocycles. The number of pyridine rings is 1. The minimum Gasteiger partial charge on any atom is -0.332 e. The fourth-order valence-electron chi connectivity index (χ4n) is 1.35. The minimum absolute atomic E-state index is 0.410. The largest absolute Gasteiger partial charge is 0.332 e. The van der Waals surface area contributed by atoms with Crippen molar-refractivity contribution in [2.24, 2.45) is 0 Å². The number of thiocarbonyl (C=S) groups is 1. The van der Waals surface area contributed by atoms with Gasteiger partial charge in [-0.15, -0.1) is 0 Å². The molecule has 1 aromatic heterocycles.